The van der Waals surface area contributed by atoms with Gasteiger partial charge in [0.15, 0.2) is 0 Å². The number of benzene rings is 2. The van der Waals surface area contributed by atoms with E-state index in [0.29, 0.717) is 0 Å². The predicted molar refractivity (Wildman–Crippen MR) is 84.5 cm³/mol. The summed E-state index contributed by atoms with van der Waals surface area (Å²) in [4.78, 5) is 0.948. The van der Waals surface area contributed by atoms with Crippen LogP contribution in [0.5, 0.6) is 0 Å². The van der Waals surface area contributed by atoms with E-state index < -0.39 is 0 Å². The van der Waals surface area contributed by atoms with E-state index >= 15 is 0 Å². The molecule has 0 aliphatic rings. The van der Waals surface area contributed by atoms with Crippen molar-refractivity contribution in [1.82, 2.24) is 0 Å². The molecule has 0 fully saturated rings. The summed E-state index contributed by atoms with van der Waals surface area (Å²) in [5, 5.41) is 0. The maximum Gasteiger partial charge on any atom is 0.124 e. The normalized spacial score (nSPS) is 12.3. The highest BCUT2D eigenvalue weighted by molar-refractivity contribution is 7.99. The van der Waals surface area contributed by atoms with Gasteiger partial charge in [-0.3, -0.25) is 0 Å². The van der Waals surface area contributed by atoms with Crippen molar-refractivity contribution in [2.45, 2.75) is 30.2 Å². The fourth-order valence-electron chi connectivity index (χ4n) is 2.06. The first-order chi connectivity index (χ1) is 9.74. The molecule has 20 heavy (non-hydrogen) atoms. The van der Waals surface area contributed by atoms with Gasteiger partial charge >= 0.3 is 0 Å². The van der Waals surface area contributed by atoms with Gasteiger partial charge in [0.25, 0.3) is 0 Å². The average Bonchev–Trinajstić information content (AvgIpc) is 2.46. The number of halogens is 1. The second kappa shape index (κ2) is 8.08. The van der Waals surface area contributed by atoms with Gasteiger partial charge in [-0.15, -0.1) is 11.8 Å². The van der Waals surface area contributed by atoms with Crippen molar-refractivity contribution in [1.29, 1.82) is 0 Å². The number of hydrogen-bond donors (Lipinski definition) is 1. The van der Waals surface area contributed by atoms with Gasteiger partial charge in [0.05, 0.1) is 0 Å². The molecule has 1 unspecified atom stereocenters. The van der Waals surface area contributed by atoms with Crippen LogP contribution in [0.15, 0.2) is 59.5 Å². The molecular weight excluding hydrogens is 269 g/mol. The lowest BCUT2D eigenvalue weighted by Crippen LogP contribution is -2.22. The Morgan fingerprint density at radius 2 is 1.85 bits per heavy atom. The SMILES string of the molecule is NC(CCCc1ccccc1)CSc1cccc(F)c1. The Hall–Kier alpha value is -1.32. The molecule has 0 aliphatic heterocycles. The molecule has 0 spiro atoms. The van der Waals surface area contributed by atoms with Crippen LogP contribution in [0, 0.1) is 5.82 Å². The van der Waals surface area contributed by atoms with Crippen LogP contribution in [0.4, 0.5) is 4.39 Å². The van der Waals surface area contributed by atoms with E-state index in [1.807, 2.05) is 12.1 Å². The van der Waals surface area contributed by atoms with Gasteiger partial charge in [-0.2, -0.15) is 0 Å². The zero-order valence-corrected chi connectivity index (χ0v) is 12.3. The highest BCUT2D eigenvalue weighted by Crippen LogP contribution is 2.20. The number of rotatable bonds is 7. The van der Waals surface area contributed by atoms with Crippen molar-refractivity contribution in [2.24, 2.45) is 5.73 Å². The van der Waals surface area contributed by atoms with E-state index in [1.165, 1.54) is 11.6 Å². The summed E-state index contributed by atoms with van der Waals surface area (Å²) >= 11 is 1.62. The number of aryl methyl sites for hydroxylation is 1. The molecule has 2 aromatic carbocycles. The van der Waals surface area contributed by atoms with E-state index in [2.05, 4.69) is 24.3 Å². The van der Waals surface area contributed by atoms with Gasteiger partial charge in [-0.1, -0.05) is 36.4 Å². The molecule has 2 aromatic rings. The molecule has 0 bridgehead atoms. The molecule has 1 nitrogen and oxygen atoms in total. The van der Waals surface area contributed by atoms with Crippen molar-refractivity contribution in [3.05, 3.63) is 66.0 Å². The molecule has 0 saturated carbocycles. The highest BCUT2D eigenvalue weighted by atomic mass is 32.2. The molecule has 2 rings (SSSR count). The standard InChI is InChI=1S/C17H20FNS/c18-15-9-5-11-17(12-15)20-13-16(19)10-4-8-14-6-2-1-3-7-14/h1-3,5-7,9,11-12,16H,4,8,10,13,19H2. The largest absolute Gasteiger partial charge is 0.327 e. The fourth-order valence-corrected chi connectivity index (χ4v) is 3.00. The van der Waals surface area contributed by atoms with Crippen LogP contribution in [0.25, 0.3) is 0 Å². The molecule has 0 amide bonds. The molecule has 0 heterocycles. The van der Waals surface area contributed by atoms with Crippen LogP contribution in [0.2, 0.25) is 0 Å². The van der Waals surface area contributed by atoms with Crippen LogP contribution in [0.1, 0.15) is 18.4 Å². The number of thioether (sulfide) groups is 1. The Labute approximate surface area is 124 Å². The zero-order valence-electron chi connectivity index (χ0n) is 11.5. The summed E-state index contributed by atoms with van der Waals surface area (Å²) in [6.45, 7) is 0. The highest BCUT2D eigenvalue weighted by Gasteiger charge is 2.04. The van der Waals surface area contributed by atoms with Gasteiger partial charge in [0, 0.05) is 16.7 Å². The second-order valence-electron chi connectivity index (χ2n) is 4.91. The molecule has 2 N–H and O–H groups in total. The predicted octanol–water partition coefficient (Wildman–Crippen LogP) is 4.27. The number of nitrogens with two attached hydrogens (primary N) is 1. The summed E-state index contributed by atoms with van der Waals surface area (Å²) in [6.07, 6.45) is 3.16. The Balaban J connectivity index is 1.67. The Kier molecular flexibility index (Phi) is 6.09. The van der Waals surface area contributed by atoms with Crippen LogP contribution < -0.4 is 5.73 Å². The van der Waals surface area contributed by atoms with Gasteiger partial charge in [-0.05, 0) is 43.0 Å². The minimum atomic E-state index is -0.187. The molecule has 0 saturated heterocycles. The van der Waals surface area contributed by atoms with E-state index in [-0.39, 0.29) is 11.9 Å². The van der Waals surface area contributed by atoms with Crippen LogP contribution in [0.3, 0.4) is 0 Å². The molecule has 0 aromatic heterocycles. The van der Waals surface area contributed by atoms with E-state index in [1.54, 1.807) is 23.9 Å². The quantitative estimate of drug-likeness (QED) is 0.770. The van der Waals surface area contributed by atoms with Crippen molar-refractivity contribution in [3.63, 3.8) is 0 Å². The third kappa shape index (κ3) is 5.35. The van der Waals surface area contributed by atoms with Crippen molar-refractivity contribution in [3.8, 4) is 0 Å². The lowest BCUT2D eigenvalue weighted by molar-refractivity contribution is 0.623. The minimum Gasteiger partial charge on any atom is -0.327 e. The minimum absolute atomic E-state index is 0.159. The summed E-state index contributed by atoms with van der Waals surface area (Å²) in [5.41, 5.74) is 7.47. The van der Waals surface area contributed by atoms with E-state index in [0.717, 1.165) is 29.9 Å². The van der Waals surface area contributed by atoms with Crippen molar-refractivity contribution >= 4 is 11.8 Å². The maximum atomic E-state index is 13.0. The van der Waals surface area contributed by atoms with Gasteiger partial charge < -0.3 is 5.73 Å². The third-order valence-electron chi connectivity index (χ3n) is 3.14. The lowest BCUT2D eigenvalue weighted by atomic mass is 10.1. The molecule has 0 aliphatic carbocycles. The summed E-state index contributed by atoms with van der Waals surface area (Å²) < 4.78 is 13.0. The molecule has 0 radical (unpaired) electrons. The Morgan fingerprint density at radius 3 is 2.60 bits per heavy atom. The molecule has 3 heteroatoms. The van der Waals surface area contributed by atoms with E-state index in [4.69, 9.17) is 5.73 Å². The summed E-state index contributed by atoms with van der Waals surface area (Å²) in [5.74, 6) is 0.644. The van der Waals surface area contributed by atoms with Crippen LogP contribution in [-0.4, -0.2) is 11.8 Å². The molecular formula is C17H20FNS. The lowest BCUT2D eigenvalue weighted by Gasteiger charge is -2.11. The summed E-state index contributed by atoms with van der Waals surface area (Å²) in [7, 11) is 0. The maximum absolute atomic E-state index is 13.0. The fraction of sp³-hybridized carbons (Fsp3) is 0.294. The van der Waals surface area contributed by atoms with Gasteiger partial charge in [0.2, 0.25) is 0 Å². The third-order valence-corrected chi connectivity index (χ3v) is 4.33. The molecule has 106 valence electrons. The van der Waals surface area contributed by atoms with Gasteiger partial charge in [-0.25, -0.2) is 4.39 Å². The monoisotopic (exact) mass is 289 g/mol. The Morgan fingerprint density at radius 1 is 1.05 bits per heavy atom. The smallest absolute Gasteiger partial charge is 0.124 e. The van der Waals surface area contributed by atoms with Crippen LogP contribution in [-0.2, 0) is 6.42 Å². The topological polar surface area (TPSA) is 26.0 Å². The molecule has 1 atom stereocenters. The first-order valence-corrected chi connectivity index (χ1v) is 7.90. The average molecular weight is 289 g/mol. The van der Waals surface area contributed by atoms with Crippen molar-refractivity contribution in [2.75, 3.05) is 5.75 Å². The first-order valence-electron chi connectivity index (χ1n) is 6.92. The summed E-state index contributed by atoms with van der Waals surface area (Å²) in [6, 6.07) is 17.3. The number of hydrogen-bond acceptors (Lipinski definition) is 2. The van der Waals surface area contributed by atoms with Crippen LogP contribution >= 0.6 is 11.8 Å². The van der Waals surface area contributed by atoms with Crippen molar-refractivity contribution < 1.29 is 4.39 Å². The second-order valence-corrected chi connectivity index (χ2v) is 6.00. The van der Waals surface area contributed by atoms with E-state index in [9.17, 15) is 4.39 Å². The first kappa shape index (κ1) is 15.1. The zero-order chi connectivity index (χ0) is 14.2. The van der Waals surface area contributed by atoms with Gasteiger partial charge in [0.1, 0.15) is 5.82 Å². The Bertz CT molecular complexity index is 515.